The first kappa shape index (κ1) is 16.3. The van der Waals surface area contributed by atoms with Crippen LogP contribution in [0, 0.1) is 0 Å². The fraction of sp³-hybridized carbons (Fsp3) is 0.267. The van der Waals surface area contributed by atoms with Gasteiger partial charge in [-0.1, -0.05) is 30.3 Å². The van der Waals surface area contributed by atoms with Gasteiger partial charge in [-0.25, -0.2) is 9.00 Å². The van der Waals surface area contributed by atoms with Crippen LogP contribution in [-0.2, 0) is 43.0 Å². The Bertz CT molecular complexity index is 1050. The second kappa shape index (κ2) is 6.17. The Labute approximate surface area is 139 Å². The predicted octanol–water partition coefficient (Wildman–Crippen LogP) is 0.210. The molecule has 1 aromatic carbocycles. The minimum atomic E-state index is -1.87. The largest absolute Gasteiger partial charge is 0.332 e. The lowest BCUT2D eigenvalue weighted by molar-refractivity contribution is 0.333. The molecule has 1 atom stereocenters. The molecule has 0 aliphatic carbocycles. The van der Waals surface area contributed by atoms with Gasteiger partial charge in [-0.05, 0) is 5.56 Å². The Balaban J connectivity index is 2.01. The van der Waals surface area contributed by atoms with Gasteiger partial charge in [0.25, 0.3) is 5.56 Å². The number of aromatic nitrogens is 4. The van der Waals surface area contributed by atoms with Crippen molar-refractivity contribution in [1.29, 1.82) is 0 Å². The SMILES string of the molecule is Cn1c(=O)c2c(nc(S(=O)OCc3ccccc3)n2C)n(C)c1=O. The first-order chi connectivity index (χ1) is 11.4. The predicted molar refractivity (Wildman–Crippen MR) is 88.8 cm³/mol. The molecule has 0 aliphatic heterocycles. The molecule has 0 fully saturated rings. The highest BCUT2D eigenvalue weighted by Crippen LogP contribution is 2.14. The van der Waals surface area contributed by atoms with Crippen molar-refractivity contribution < 1.29 is 8.39 Å². The summed E-state index contributed by atoms with van der Waals surface area (Å²) in [6.45, 7) is 0.146. The van der Waals surface area contributed by atoms with Crippen LogP contribution < -0.4 is 11.2 Å². The van der Waals surface area contributed by atoms with Gasteiger partial charge in [-0.15, -0.1) is 0 Å². The average molecular weight is 348 g/mol. The van der Waals surface area contributed by atoms with E-state index in [4.69, 9.17) is 4.18 Å². The molecule has 0 aliphatic rings. The lowest BCUT2D eigenvalue weighted by Crippen LogP contribution is -2.37. The van der Waals surface area contributed by atoms with Gasteiger partial charge in [0.15, 0.2) is 11.2 Å². The van der Waals surface area contributed by atoms with Gasteiger partial charge in [0, 0.05) is 21.1 Å². The van der Waals surface area contributed by atoms with E-state index in [2.05, 4.69) is 4.98 Å². The summed E-state index contributed by atoms with van der Waals surface area (Å²) in [6.07, 6.45) is 0. The molecule has 126 valence electrons. The molecule has 0 saturated carbocycles. The monoisotopic (exact) mass is 348 g/mol. The summed E-state index contributed by atoms with van der Waals surface area (Å²) in [5, 5.41) is 0.0826. The normalized spacial score (nSPS) is 12.6. The summed E-state index contributed by atoms with van der Waals surface area (Å²) < 4.78 is 21.4. The molecule has 0 N–H and O–H groups in total. The Morgan fingerprint density at radius 1 is 1.04 bits per heavy atom. The molecule has 0 radical (unpaired) electrons. The number of benzene rings is 1. The van der Waals surface area contributed by atoms with Gasteiger partial charge >= 0.3 is 5.69 Å². The van der Waals surface area contributed by atoms with Crippen molar-refractivity contribution in [3.8, 4) is 0 Å². The minimum absolute atomic E-state index is 0.0826. The van der Waals surface area contributed by atoms with Crippen LogP contribution in [0.1, 0.15) is 5.56 Å². The molecule has 0 amide bonds. The quantitative estimate of drug-likeness (QED) is 0.673. The summed E-state index contributed by atoms with van der Waals surface area (Å²) in [6, 6.07) is 9.30. The highest BCUT2D eigenvalue weighted by molar-refractivity contribution is 7.80. The number of aryl methyl sites for hydroxylation is 2. The van der Waals surface area contributed by atoms with Crippen LogP contribution in [0.15, 0.2) is 45.1 Å². The Hall–Kier alpha value is -2.52. The number of imidazole rings is 1. The van der Waals surface area contributed by atoms with E-state index in [1.165, 1.54) is 23.2 Å². The first-order valence-electron chi connectivity index (χ1n) is 7.13. The number of nitrogens with zero attached hydrogens (tertiary/aromatic N) is 4. The van der Waals surface area contributed by atoms with Crippen molar-refractivity contribution in [1.82, 2.24) is 18.7 Å². The zero-order chi connectivity index (χ0) is 17.4. The van der Waals surface area contributed by atoms with Crippen LogP contribution in [-0.4, -0.2) is 22.9 Å². The van der Waals surface area contributed by atoms with Crippen molar-refractivity contribution in [2.45, 2.75) is 11.8 Å². The molecule has 2 aromatic heterocycles. The highest BCUT2D eigenvalue weighted by Gasteiger charge is 2.21. The summed E-state index contributed by atoms with van der Waals surface area (Å²) >= 11 is -1.87. The summed E-state index contributed by atoms with van der Waals surface area (Å²) in [5.41, 5.74) is 0.263. The van der Waals surface area contributed by atoms with E-state index >= 15 is 0 Å². The molecular formula is C15H16N4O4S. The third kappa shape index (κ3) is 2.61. The second-order valence-corrected chi connectivity index (χ2v) is 6.38. The number of hydrogen-bond donors (Lipinski definition) is 0. The smallest absolute Gasteiger partial charge is 0.312 e. The van der Waals surface area contributed by atoms with E-state index in [1.807, 2.05) is 30.3 Å². The lowest BCUT2D eigenvalue weighted by atomic mass is 10.2. The number of fused-ring (bicyclic) bond motifs is 1. The third-order valence-electron chi connectivity index (χ3n) is 3.76. The van der Waals surface area contributed by atoms with Crippen LogP contribution in [0.3, 0.4) is 0 Å². The van der Waals surface area contributed by atoms with E-state index in [0.717, 1.165) is 10.1 Å². The van der Waals surface area contributed by atoms with E-state index < -0.39 is 22.3 Å². The average Bonchev–Trinajstić information content (AvgIpc) is 2.94. The molecule has 3 aromatic rings. The maximum atomic E-state index is 12.4. The Kier molecular flexibility index (Phi) is 4.20. The van der Waals surface area contributed by atoms with Gasteiger partial charge < -0.3 is 4.57 Å². The first-order valence-corrected chi connectivity index (χ1v) is 8.20. The summed E-state index contributed by atoms with van der Waals surface area (Å²) in [5.74, 6) is 0. The van der Waals surface area contributed by atoms with Crippen LogP contribution in [0.25, 0.3) is 11.2 Å². The maximum absolute atomic E-state index is 12.4. The molecule has 8 nitrogen and oxygen atoms in total. The third-order valence-corrected chi connectivity index (χ3v) is 4.75. The van der Waals surface area contributed by atoms with Gasteiger partial charge in [0.1, 0.15) is 0 Å². The van der Waals surface area contributed by atoms with E-state index in [1.54, 1.807) is 7.05 Å². The van der Waals surface area contributed by atoms with Crippen LogP contribution >= 0.6 is 0 Å². The Morgan fingerprint density at radius 2 is 1.71 bits per heavy atom. The zero-order valence-corrected chi connectivity index (χ0v) is 14.2. The van der Waals surface area contributed by atoms with Gasteiger partial charge in [-0.2, -0.15) is 4.98 Å². The summed E-state index contributed by atoms with van der Waals surface area (Å²) in [7, 11) is 4.47. The fourth-order valence-corrected chi connectivity index (χ4v) is 3.22. The molecule has 2 heterocycles. The zero-order valence-electron chi connectivity index (χ0n) is 13.4. The molecule has 24 heavy (non-hydrogen) atoms. The molecule has 9 heteroatoms. The van der Waals surface area contributed by atoms with Crippen LogP contribution in [0.2, 0.25) is 0 Å². The van der Waals surface area contributed by atoms with Crippen molar-refractivity contribution in [3.05, 3.63) is 56.7 Å². The van der Waals surface area contributed by atoms with E-state index in [9.17, 15) is 13.8 Å². The van der Waals surface area contributed by atoms with Gasteiger partial charge in [0.2, 0.25) is 16.2 Å². The molecule has 3 rings (SSSR count). The van der Waals surface area contributed by atoms with Crippen molar-refractivity contribution in [3.63, 3.8) is 0 Å². The number of hydrogen-bond acceptors (Lipinski definition) is 5. The fourth-order valence-electron chi connectivity index (χ4n) is 2.40. The second-order valence-electron chi connectivity index (χ2n) is 5.31. The molecule has 0 bridgehead atoms. The van der Waals surface area contributed by atoms with Crippen LogP contribution in [0.5, 0.6) is 0 Å². The van der Waals surface area contributed by atoms with Crippen molar-refractivity contribution in [2.75, 3.05) is 0 Å². The molecule has 0 saturated heterocycles. The molecular weight excluding hydrogens is 332 g/mol. The Morgan fingerprint density at radius 3 is 2.38 bits per heavy atom. The van der Waals surface area contributed by atoms with Gasteiger partial charge in [-0.3, -0.25) is 18.1 Å². The number of rotatable bonds is 4. The van der Waals surface area contributed by atoms with Crippen molar-refractivity contribution in [2.24, 2.45) is 21.1 Å². The standard InChI is InChI=1S/C15H16N4O4S/c1-17-11-12(18(2)15(21)19(3)13(11)20)16-14(17)24(22)23-9-10-7-5-4-6-8-10/h4-8H,9H2,1-3H3. The molecule has 0 spiro atoms. The van der Waals surface area contributed by atoms with E-state index in [-0.39, 0.29) is 22.9 Å². The maximum Gasteiger partial charge on any atom is 0.332 e. The highest BCUT2D eigenvalue weighted by atomic mass is 32.2. The molecule has 1 unspecified atom stereocenters. The van der Waals surface area contributed by atoms with Crippen molar-refractivity contribution >= 4 is 22.2 Å². The van der Waals surface area contributed by atoms with Crippen LogP contribution in [0.4, 0.5) is 0 Å². The lowest BCUT2D eigenvalue weighted by Gasteiger charge is -2.04. The van der Waals surface area contributed by atoms with Gasteiger partial charge in [0.05, 0.1) is 6.61 Å². The minimum Gasteiger partial charge on any atom is -0.312 e. The van der Waals surface area contributed by atoms with E-state index in [0.29, 0.717) is 0 Å². The topological polar surface area (TPSA) is 88.1 Å². The summed E-state index contributed by atoms with van der Waals surface area (Å²) in [4.78, 5) is 28.4.